The number of nitrogens with zero attached hydrogens (tertiary/aromatic N) is 2. The highest BCUT2D eigenvalue weighted by atomic mass is 79.9. The third-order valence-electron chi connectivity index (χ3n) is 3.03. The molecule has 1 aromatic carbocycles. The maximum absolute atomic E-state index is 6.05. The molecule has 0 atom stereocenters. The van der Waals surface area contributed by atoms with Crippen molar-refractivity contribution in [2.24, 2.45) is 4.99 Å². The second kappa shape index (κ2) is 7.97. The lowest BCUT2D eigenvalue weighted by atomic mass is 10.2. The number of aryl methyl sites for hydroxylation is 2. The van der Waals surface area contributed by atoms with Crippen molar-refractivity contribution in [1.82, 2.24) is 4.98 Å². The molecule has 1 heterocycles. The van der Waals surface area contributed by atoms with Gasteiger partial charge in [0.2, 0.25) is 8.32 Å². The van der Waals surface area contributed by atoms with Crippen LogP contribution in [0.3, 0.4) is 0 Å². The van der Waals surface area contributed by atoms with E-state index in [4.69, 9.17) is 9.16 Å². The number of halogens is 1. The molecule has 0 saturated carbocycles. The van der Waals surface area contributed by atoms with Gasteiger partial charge in [-0.1, -0.05) is 15.9 Å². The first-order valence-corrected chi connectivity index (χ1v) is 12.2. The molecule has 2 rings (SSSR count). The van der Waals surface area contributed by atoms with E-state index in [2.05, 4.69) is 52.1 Å². The predicted molar refractivity (Wildman–Crippen MR) is 109 cm³/mol. The predicted octanol–water partition coefficient (Wildman–Crippen LogP) is 5.99. The number of hydrogen-bond donors (Lipinski definition) is 0. The monoisotopic (exact) mass is 418 g/mol. The zero-order valence-electron chi connectivity index (χ0n) is 15.3. The first kappa shape index (κ1) is 19.4. The van der Waals surface area contributed by atoms with Gasteiger partial charge in [0.25, 0.3) is 0 Å². The quantitative estimate of drug-likeness (QED) is 0.328. The maximum atomic E-state index is 6.05. The molecule has 0 aliphatic heterocycles. The van der Waals surface area contributed by atoms with Crippen molar-refractivity contribution in [3.8, 4) is 11.5 Å². The Kier molecular flexibility index (Phi) is 6.19. The van der Waals surface area contributed by atoms with Gasteiger partial charge >= 0.3 is 0 Å². The second-order valence-corrected chi connectivity index (χ2v) is 12.1. The topological polar surface area (TPSA) is 43.7 Å². The zero-order chi connectivity index (χ0) is 18.6. The van der Waals surface area contributed by atoms with E-state index in [1.807, 2.05) is 44.2 Å². The van der Waals surface area contributed by atoms with E-state index in [0.717, 1.165) is 27.2 Å². The third-order valence-corrected chi connectivity index (χ3v) is 4.37. The molecule has 0 bridgehead atoms. The summed E-state index contributed by atoms with van der Waals surface area (Å²) in [5, 5.41) is 0. The van der Waals surface area contributed by atoms with Crippen molar-refractivity contribution in [2.75, 3.05) is 0 Å². The lowest BCUT2D eigenvalue weighted by Crippen LogP contribution is -2.24. The number of ether oxygens (including phenoxy) is 1. The van der Waals surface area contributed by atoms with Gasteiger partial charge in [-0.05, 0) is 58.3 Å². The van der Waals surface area contributed by atoms with E-state index in [9.17, 15) is 0 Å². The summed E-state index contributed by atoms with van der Waals surface area (Å²) in [6, 6.07) is 9.59. The normalized spacial score (nSPS) is 11.6. The number of rotatable bonds is 6. The summed E-state index contributed by atoms with van der Waals surface area (Å²) in [4.78, 5) is 8.71. The minimum atomic E-state index is -1.72. The highest BCUT2D eigenvalue weighted by Gasteiger charge is 2.16. The lowest BCUT2D eigenvalue weighted by molar-refractivity contribution is 0.421. The molecule has 25 heavy (non-hydrogen) atoms. The maximum Gasteiger partial charge on any atom is 0.244 e. The molecular weight excluding hydrogens is 396 g/mol. The molecule has 0 unspecified atom stereocenters. The van der Waals surface area contributed by atoms with Crippen molar-refractivity contribution in [3.63, 3.8) is 0 Å². The Morgan fingerprint density at radius 1 is 1.16 bits per heavy atom. The van der Waals surface area contributed by atoms with Crippen molar-refractivity contribution in [2.45, 2.75) is 33.5 Å². The number of pyridine rings is 1. The van der Waals surface area contributed by atoms with Gasteiger partial charge < -0.3 is 9.16 Å². The second-order valence-electron chi connectivity index (χ2n) is 6.74. The molecule has 0 amide bonds. The van der Waals surface area contributed by atoms with Crippen molar-refractivity contribution in [3.05, 3.63) is 64.2 Å². The average molecular weight is 419 g/mol. The number of aliphatic imine (C=N–C) groups is 1. The largest absolute Gasteiger partial charge is 0.532 e. The van der Waals surface area contributed by atoms with Gasteiger partial charge in [-0.2, -0.15) is 0 Å². The van der Waals surface area contributed by atoms with Crippen molar-refractivity contribution < 1.29 is 9.16 Å². The van der Waals surface area contributed by atoms with Crippen LogP contribution in [0.1, 0.15) is 17.0 Å². The smallest absolute Gasteiger partial charge is 0.244 e. The molecule has 0 N–H and O–H groups in total. The van der Waals surface area contributed by atoms with Crippen LogP contribution in [0.2, 0.25) is 19.6 Å². The molecular formula is C19H23BrN2O2Si. The molecule has 0 aliphatic carbocycles. The highest BCUT2D eigenvalue weighted by Crippen LogP contribution is 2.28. The van der Waals surface area contributed by atoms with E-state index in [1.54, 1.807) is 6.21 Å². The summed E-state index contributed by atoms with van der Waals surface area (Å²) < 4.78 is 12.8. The third kappa shape index (κ3) is 6.47. The van der Waals surface area contributed by atoms with Crippen LogP contribution >= 0.6 is 15.9 Å². The summed E-state index contributed by atoms with van der Waals surface area (Å²) in [5.41, 5.74) is 2.67. The van der Waals surface area contributed by atoms with Crippen LogP contribution in [-0.2, 0) is 4.43 Å². The molecule has 2 aromatic rings. The van der Waals surface area contributed by atoms with Crippen LogP contribution < -0.4 is 4.74 Å². The van der Waals surface area contributed by atoms with Crippen LogP contribution in [0.5, 0.6) is 11.5 Å². The Morgan fingerprint density at radius 2 is 1.80 bits per heavy atom. The number of hydrogen-bond acceptors (Lipinski definition) is 4. The van der Waals surface area contributed by atoms with Gasteiger partial charge in [0.05, 0.1) is 0 Å². The van der Waals surface area contributed by atoms with Crippen molar-refractivity contribution >= 4 is 30.5 Å². The van der Waals surface area contributed by atoms with Gasteiger partial charge in [0.15, 0.2) is 5.88 Å². The average Bonchev–Trinajstić information content (AvgIpc) is 2.44. The van der Waals surface area contributed by atoms with Crippen molar-refractivity contribution in [1.29, 1.82) is 0 Å². The van der Waals surface area contributed by atoms with Gasteiger partial charge in [-0.15, -0.1) is 0 Å². The van der Waals surface area contributed by atoms with Crippen LogP contribution in [0.15, 0.2) is 52.3 Å². The van der Waals surface area contributed by atoms with Crippen LogP contribution in [-0.4, -0.2) is 19.5 Å². The van der Waals surface area contributed by atoms with Gasteiger partial charge in [-0.3, -0.25) is 4.98 Å². The molecule has 4 nitrogen and oxygen atoms in total. The van der Waals surface area contributed by atoms with Gasteiger partial charge in [-0.25, -0.2) is 4.99 Å². The minimum Gasteiger partial charge on any atom is -0.532 e. The summed E-state index contributed by atoms with van der Waals surface area (Å²) in [7, 11) is -1.72. The molecule has 132 valence electrons. The first-order valence-electron chi connectivity index (χ1n) is 7.97. The summed E-state index contributed by atoms with van der Waals surface area (Å²) in [5.74, 6) is 1.87. The molecule has 6 heteroatoms. The Bertz CT molecular complexity index is 793. The molecule has 0 spiro atoms. The standard InChI is InChI=1S/C19H23BrN2O2Si/c1-13-9-18(10-14(2)22-13)23-19-8-7-17(20)11-16(19)12-21-15(3)24-25(4,5)6/h7-12H,3H2,1-2,4-6H3. The Morgan fingerprint density at radius 3 is 2.40 bits per heavy atom. The molecule has 1 aromatic heterocycles. The van der Waals surface area contributed by atoms with E-state index < -0.39 is 8.32 Å². The minimum absolute atomic E-state index is 0.417. The van der Waals surface area contributed by atoms with E-state index in [1.165, 1.54) is 0 Å². The fourth-order valence-electron chi connectivity index (χ4n) is 2.22. The molecule has 0 aliphatic rings. The summed E-state index contributed by atoms with van der Waals surface area (Å²) in [6.45, 7) is 14.0. The zero-order valence-corrected chi connectivity index (χ0v) is 17.8. The first-order chi connectivity index (χ1) is 11.6. The van der Waals surface area contributed by atoms with Gasteiger partial charge in [0, 0.05) is 39.8 Å². The van der Waals surface area contributed by atoms with Crippen LogP contribution in [0, 0.1) is 13.8 Å². The van der Waals surface area contributed by atoms with Gasteiger partial charge in [0.1, 0.15) is 11.5 Å². The Hall–Kier alpha value is -1.92. The van der Waals surface area contributed by atoms with E-state index >= 15 is 0 Å². The fraction of sp³-hybridized carbons (Fsp3) is 0.263. The summed E-state index contributed by atoms with van der Waals surface area (Å²) in [6.07, 6.45) is 1.71. The molecule has 0 saturated heterocycles. The fourth-order valence-corrected chi connectivity index (χ4v) is 3.35. The van der Waals surface area contributed by atoms with E-state index in [0.29, 0.717) is 11.6 Å². The SMILES string of the molecule is C=C(N=Cc1cc(Br)ccc1Oc1cc(C)nc(C)c1)O[Si](C)(C)C. The van der Waals surface area contributed by atoms with Crippen LogP contribution in [0.4, 0.5) is 0 Å². The molecule has 0 fully saturated rings. The number of aromatic nitrogens is 1. The number of benzene rings is 1. The lowest BCUT2D eigenvalue weighted by Gasteiger charge is -2.18. The Balaban J connectivity index is 2.26. The Labute approximate surface area is 158 Å². The summed E-state index contributed by atoms with van der Waals surface area (Å²) >= 11 is 3.49. The van der Waals surface area contributed by atoms with E-state index in [-0.39, 0.29) is 0 Å². The molecule has 0 radical (unpaired) electrons. The highest BCUT2D eigenvalue weighted by molar-refractivity contribution is 9.10. The van der Waals surface area contributed by atoms with Crippen LogP contribution in [0.25, 0.3) is 0 Å².